The minimum Gasteiger partial charge on any atom is -0.495 e. The van der Waals surface area contributed by atoms with Crippen LogP contribution in [0.2, 0.25) is 0 Å². The van der Waals surface area contributed by atoms with Crippen LogP contribution in [-0.4, -0.2) is 59.9 Å². The van der Waals surface area contributed by atoms with Gasteiger partial charge in [-0.3, -0.25) is 9.59 Å². The Morgan fingerprint density at radius 2 is 1.78 bits per heavy atom. The van der Waals surface area contributed by atoms with E-state index in [4.69, 9.17) is 4.74 Å². The van der Waals surface area contributed by atoms with Crippen molar-refractivity contribution < 1.29 is 14.3 Å². The maximum Gasteiger partial charge on any atom is 0.256 e. The molecule has 1 aliphatic rings. The molecular formula is C17H21N3O3. The van der Waals surface area contributed by atoms with Gasteiger partial charge in [0.1, 0.15) is 5.75 Å². The van der Waals surface area contributed by atoms with E-state index in [0.29, 0.717) is 31.7 Å². The van der Waals surface area contributed by atoms with Crippen molar-refractivity contribution in [2.75, 3.05) is 33.3 Å². The highest BCUT2D eigenvalue weighted by atomic mass is 16.5. The van der Waals surface area contributed by atoms with Crippen molar-refractivity contribution in [2.24, 2.45) is 0 Å². The summed E-state index contributed by atoms with van der Waals surface area (Å²) in [7, 11) is 1.62. The highest BCUT2D eigenvalue weighted by Crippen LogP contribution is 2.30. The summed E-state index contributed by atoms with van der Waals surface area (Å²) in [5.41, 5.74) is 2.37. The van der Waals surface area contributed by atoms with Crippen LogP contribution in [0, 0.1) is 6.92 Å². The number of nitrogens with zero attached hydrogens (tertiary/aromatic N) is 2. The standard InChI is InChI=1S/C17H21N3O3/c1-11-15(13-5-4-6-14(23-3)16(13)18-11)17(22)20-9-7-19(8-10-20)12(2)21/h4-6,18H,7-10H2,1-3H3. The number of para-hydroxylation sites is 1. The van der Waals surface area contributed by atoms with E-state index in [9.17, 15) is 9.59 Å². The monoisotopic (exact) mass is 315 g/mol. The number of carbonyl (C=O) groups is 2. The van der Waals surface area contributed by atoms with Gasteiger partial charge in [-0.05, 0) is 13.0 Å². The first-order chi connectivity index (χ1) is 11.0. The van der Waals surface area contributed by atoms with E-state index < -0.39 is 0 Å². The van der Waals surface area contributed by atoms with E-state index in [0.717, 1.165) is 22.3 Å². The molecule has 6 nitrogen and oxygen atoms in total. The molecule has 0 aliphatic carbocycles. The number of aromatic nitrogens is 1. The Balaban J connectivity index is 1.90. The molecule has 0 bridgehead atoms. The van der Waals surface area contributed by atoms with E-state index in [1.165, 1.54) is 0 Å². The second-order valence-electron chi connectivity index (χ2n) is 5.81. The van der Waals surface area contributed by atoms with Crippen LogP contribution in [0.3, 0.4) is 0 Å². The number of rotatable bonds is 2. The zero-order valence-corrected chi connectivity index (χ0v) is 13.7. The number of aryl methyl sites for hydroxylation is 1. The number of amides is 2. The van der Waals surface area contributed by atoms with Gasteiger partial charge >= 0.3 is 0 Å². The largest absolute Gasteiger partial charge is 0.495 e. The molecule has 0 saturated carbocycles. The maximum atomic E-state index is 12.9. The Kier molecular flexibility index (Phi) is 3.98. The number of nitrogens with one attached hydrogen (secondary N) is 1. The van der Waals surface area contributed by atoms with Gasteiger partial charge in [0.15, 0.2) is 0 Å². The van der Waals surface area contributed by atoms with Gasteiger partial charge in [0.2, 0.25) is 5.91 Å². The third-order valence-electron chi connectivity index (χ3n) is 4.43. The van der Waals surface area contributed by atoms with Gasteiger partial charge in [-0.1, -0.05) is 12.1 Å². The van der Waals surface area contributed by atoms with Crippen molar-refractivity contribution in [3.05, 3.63) is 29.5 Å². The normalized spacial score (nSPS) is 15.1. The first-order valence-electron chi connectivity index (χ1n) is 7.73. The fraction of sp³-hybridized carbons (Fsp3) is 0.412. The van der Waals surface area contributed by atoms with Crippen LogP contribution in [0.1, 0.15) is 23.0 Å². The van der Waals surface area contributed by atoms with Crippen molar-refractivity contribution in [1.82, 2.24) is 14.8 Å². The third kappa shape index (κ3) is 2.65. The van der Waals surface area contributed by atoms with Crippen molar-refractivity contribution in [1.29, 1.82) is 0 Å². The molecule has 1 aromatic heterocycles. The molecule has 0 radical (unpaired) electrons. The summed E-state index contributed by atoms with van der Waals surface area (Å²) in [5.74, 6) is 0.793. The van der Waals surface area contributed by atoms with E-state index in [2.05, 4.69) is 4.98 Å². The first kappa shape index (κ1) is 15.4. The van der Waals surface area contributed by atoms with Crippen LogP contribution >= 0.6 is 0 Å². The second kappa shape index (κ2) is 5.95. The van der Waals surface area contributed by atoms with Gasteiger partial charge in [0, 0.05) is 44.2 Å². The van der Waals surface area contributed by atoms with Crippen molar-refractivity contribution >= 4 is 22.7 Å². The number of hydrogen-bond donors (Lipinski definition) is 1. The van der Waals surface area contributed by atoms with Gasteiger partial charge in [0.25, 0.3) is 5.91 Å². The molecule has 23 heavy (non-hydrogen) atoms. The number of aromatic amines is 1. The number of carbonyl (C=O) groups excluding carboxylic acids is 2. The van der Waals surface area contributed by atoms with Gasteiger partial charge in [-0.25, -0.2) is 0 Å². The number of hydrogen-bond acceptors (Lipinski definition) is 3. The lowest BCUT2D eigenvalue weighted by molar-refractivity contribution is -0.130. The van der Waals surface area contributed by atoms with Crippen LogP contribution in [0.4, 0.5) is 0 Å². The number of fused-ring (bicyclic) bond motifs is 1. The molecule has 2 amide bonds. The topological polar surface area (TPSA) is 65.6 Å². The van der Waals surface area contributed by atoms with E-state index >= 15 is 0 Å². The fourth-order valence-electron chi connectivity index (χ4n) is 3.15. The number of ether oxygens (including phenoxy) is 1. The first-order valence-corrected chi connectivity index (χ1v) is 7.73. The Morgan fingerprint density at radius 1 is 1.13 bits per heavy atom. The van der Waals surface area contributed by atoms with Crippen molar-refractivity contribution in [2.45, 2.75) is 13.8 Å². The van der Waals surface area contributed by atoms with E-state index in [1.807, 2.05) is 30.0 Å². The maximum absolute atomic E-state index is 12.9. The molecule has 0 unspecified atom stereocenters. The SMILES string of the molecule is COc1cccc2c(C(=O)N3CCN(C(C)=O)CC3)c(C)[nH]c12. The molecule has 2 heterocycles. The summed E-state index contributed by atoms with van der Waals surface area (Å²) in [6, 6.07) is 5.69. The molecule has 3 rings (SSSR count). The molecule has 1 fully saturated rings. The lowest BCUT2D eigenvalue weighted by Gasteiger charge is -2.34. The van der Waals surface area contributed by atoms with Gasteiger partial charge in [0.05, 0.1) is 18.2 Å². The van der Waals surface area contributed by atoms with Crippen LogP contribution in [0.25, 0.3) is 10.9 Å². The predicted molar refractivity (Wildman–Crippen MR) is 87.7 cm³/mol. The number of methoxy groups -OCH3 is 1. The average molecular weight is 315 g/mol. The van der Waals surface area contributed by atoms with E-state index in [-0.39, 0.29) is 11.8 Å². The molecule has 1 aromatic carbocycles. The van der Waals surface area contributed by atoms with Crippen LogP contribution in [-0.2, 0) is 4.79 Å². The molecular weight excluding hydrogens is 294 g/mol. The molecule has 2 aromatic rings. The number of benzene rings is 1. The summed E-state index contributed by atoms with van der Waals surface area (Å²) in [4.78, 5) is 31.2. The zero-order chi connectivity index (χ0) is 16.6. The smallest absolute Gasteiger partial charge is 0.256 e. The van der Waals surface area contributed by atoms with Crippen molar-refractivity contribution in [3.8, 4) is 5.75 Å². The number of H-pyrrole nitrogens is 1. The highest BCUT2D eigenvalue weighted by molar-refractivity contribution is 6.09. The summed E-state index contributed by atoms with van der Waals surface area (Å²) >= 11 is 0. The summed E-state index contributed by atoms with van der Waals surface area (Å²) in [6.45, 7) is 5.77. The predicted octanol–water partition coefficient (Wildman–Crippen LogP) is 1.79. The quantitative estimate of drug-likeness (QED) is 0.919. The number of piperazine rings is 1. The lowest BCUT2D eigenvalue weighted by atomic mass is 10.1. The van der Waals surface area contributed by atoms with Crippen LogP contribution < -0.4 is 4.74 Å². The molecule has 0 atom stereocenters. The summed E-state index contributed by atoms with van der Waals surface area (Å²) < 4.78 is 5.36. The minimum absolute atomic E-state index is 0.00482. The Hall–Kier alpha value is -2.50. The fourth-order valence-corrected chi connectivity index (χ4v) is 3.15. The van der Waals surface area contributed by atoms with E-state index in [1.54, 1.807) is 18.9 Å². The summed E-state index contributed by atoms with van der Waals surface area (Å²) in [6.07, 6.45) is 0. The molecule has 0 spiro atoms. The third-order valence-corrected chi connectivity index (χ3v) is 4.43. The molecule has 1 aliphatic heterocycles. The van der Waals surface area contributed by atoms with Crippen LogP contribution in [0.5, 0.6) is 5.75 Å². The van der Waals surface area contributed by atoms with Gasteiger partial charge < -0.3 is 19.5 Å². The van der Waals surface area contributed by atoms with Crippen LogP contribution in [0.15, 0.2) is 18.2 Å². The Bertz CT molecular complexity index is 758. The lowest BCUT2D eigenvalue weighted by Crippen LogP contribution is -2.50. The minimum atomic E-state index is 0.00482. The Labute approximate surface area is 135 Å². The molecule has 122 valence electrons. The second-order valence-corrected chi connectivity index (χ2v) is 5.81. The average Bonchev–Trinajstić information content (AvgIpc) is 2.90. The summed E-state index contributed by atoms with van der Waals surface area (Å²) in [5, 5.41) is 0.876. The van der Waals surface area contributed by atoms with Gasteiger partial charge in [-0.2, -0.15) is 0 Å². The van der Waals surface area contributed by atoms with Gasteiger partial charge in [-0.15, -0.1) is 0 Å². The molecule has 1 saturated heterocycles. The zero-order valence-electron chi connectivity index (χ0n) is 13.7. The highest BCUT2D eigenvalue weighted by Gasteiger charge is 2.26. The molecule has 1 N–H and O–H groups in total. The Morgan fingerprint density at radius 3 is 2.39 bits per heavy atom. The van der Waals surface area contributed by atoms with Crippen molar-refractivity contribution in [3.63, 3.8) is 0 Å². The molecule has 6 heteroatoms.